The summed E-state index contributed by atoms with van der Waals surface area (Å²) in [5.74, 6) is 2.11. The molecule has 29 heavy (non-hydrogen) atoms. The fourth-order valence-electron chi connectivity index (χ4n) is 3.29. The maximum atomic E-state index is 12.7. The molecule has 3 rings (SSSR count). The van der Waals surface area contributed by atoms with Crippen LogP contribution in [0, 0.1) is 0 Å². The van der Waals surface area contributed by atoms with Gasteiger partial charge in [0, 0.05) is 23.9 Å². The highest BCUT2D eigenvalue weighted by Crippen LogP contribution is 2.40. The Bertz CT molecular complexity index is 816. The van der Waals surface area contributed by atoms with Gasteiger partial charge in [-0.3, -0.25) is 4.79 Å². The number of hydrogen-bond donors (Lipinski definition) is 3. The molecule has 0 saturated carbocycles. The number of carbonyl (C=O) groups excluding carboxylic acids is 1. The van der Waals surface area contributed by atoms with Crippen LogP contribution in [0.25, 0.3) is 0 Å². The molecule has 2 atom stereocenters. The van der Waals surface area contributed by atoms with E-state index in [4.69, 9.17) is 18.9 Å². The van der Waals surface area contributed by atoms with Crippen molar-refractivity contribution in [1.29, 1.82) is 0 Å². The largest absolute Gasteiger partial charge is 0.494 e. The van der Waals surface area contributed by atoms with Crippen LogP contribution in [0.5, 0.6) is 23.0 Å². The van der Waals surface area contributed by atoms with Crippen molar-refractivity contribution < 1.29 is 23.7 Å². The van der Waals surface area contributed by atoms with E-state index in [0.717, 1.165) is 11.3 Å². The molecule has 8 nitrogen and oxygen atoms in total. The van der Waals surface area contributed by atoms with E-state index in [-0.39, 0.29) is 18.0 Å². The lowest BCUT2D eigenvalue weighted by Gasteiger charge is -2.16. The summed E-state index contributed by atoms with van der Waals surface area (Å²) in [6.45, 7) is 2.58. The Morgan fingerprint density at radius 1 is 1.03 bits per heavy atom. The number of carbonyl (C=O) groups is 1. The summed E-state index contributed by atoms with van der Waals surface area (Å²) in [5, 5.41) is 2.91. The molecule has 0 radical (unpaired) electrons. The summed E-state index contributed by atoms with van der Waals surface area (Å²) in [4.78, 5) is 12.7. The Hall–Kier alpha value is -2.97. The van der Waals surface area contributed by atoms with Gasteiger partial charge in [-0.05, 0) is 31.0 Å². The minimum Gasteiger partial charge on any atom is -0.494 e. The smallest absolute Gasteiger partial charge is 0.242 e. The number of hydrogen-bond acceptors (Lipinski definition) is 7. The number of rotatable bonds is 8. The van der Waals surface area contributed by atoms with Crippen molar-refractivity contribution in [3.63, 3.8) is 0 Å². The van der Waals surface area contributed by atoms with Crippen LogP contribution in [-0.2, 0) is 4.79 Å². The number of hydrazine groups is 1. The van der Waals surface area contributed by atoms with Gasteiger partial charge in [-0.25, -0.2) is 10.9 Å². The second-order valence-corrected chi connectivity index (χ2v) is 6.53. The first-order valence-electron chi connectivity index (χ1n) is 9.44. The van der Waals surface area contributed by atoms with Gasteiger partial charge in [0.25, 0.3) is 0 Å². The van der Waals surface area contributed by atoms with Crippen molar-refractivity contribution in [2.75, 3.05) is 33.3 Å². The topological polar surface area (TPSA) is 90.1 Å². The van der Waals surface area contributed by atoms with Crippen LogP contribution in [-0.4, -0.2) is 39.9 Å². The first-order valence-corrected chi connectivity index (χ1v) is 9.44. The molecule has 0 aliphatic carbocycles. The van der Waals surface area contributed by atoms with Gasteiger partial charge in [0.1, 0.15) is 11.8 Å². The van der Waals surface area contributed by atoms with Gasteiger partial charge in [-0.2, -0.15) is 0 Å². The summed E-state index contributed by atoms with van der Waals surface area (Å²) < 4.78 is 21.5. The summed E-state index contributed by atoms with van der Waals surface area (Å²) in [6, 6.07) is 10.9. The molecule has 1 aliphatic heterocycles. The molecule has 2 aromatic carbocycles. The summed E-state index contributed by atoms with van der Waals surface area (Å²) in [5.41, 5.74) is 7.90. The van der Waals surface area contributed by atoms with Crippen molar-refractivity contribution in [2.24, 2.45) is 0 Å². The molecule has 0 bridgehead atoms. The lowest BCUT2D eigenvalue weighted by molar-refractivity contribution is -0.117. The first kappa shape index (κ1) is 20.8. The molecule has 0 aromatic heterocycles. The van der Waals surface area contributed by atoms with Crippen LogP contribution in [0.1, 0.15) is 24.9 Å². The van der Waals surface area contributed by atoms with E-state index in [1.165, 1.54) is 21.3 Å². The van der Waals surface area contributed by atoms with Gasteiger partial charge >= 0.3 is 0 Å². The van der Waals surface area contributed by atoms with Crippen molar-refractivity contribution in [2.45, 2.75) is 25.4 Å². The maximum Gasteiger partial charge on any atom is 0.242 e. The lowest BCUT2D eigenvalue weighted by atomic mass is 10.0. The minimum absolute atomic E-state index is 0.0290. The van der Waals surface area contributed by atoms with Crippen LogP contribution >= 0.6 is 0 Å². The van der Waals surface area contributed by atoms with Crippen LogP contribution in [0.4, 0.5) is 5.69 Å². The van der Waals surface area contributed by atoms with E-state index in [1.807, 2.05) is 31.2 Å². The highest BCUT2D eigenvalue weighted by Gasteiger charge is 2.30. The zero-order chi connectivity index (χ0) is 20.8. The van der Waals surface area contributed by atoms with Crippen LogP contribution in [0.2, 0.25) is 0 Å². The zero-order valence-electron chi connectivity index (χ0n) is 17.1. The fourth-order valence-corrected chi connectivity index (χ4v) is 3.29. The summed E-state index contributed by atoms with van der Waals surface area (Å²) in [7, 11) is 4.60. The molecule has 2 aromatic rings. The van der Waals surface area contributed by atoms with Crippen molar-refractivity contribution in [3.8, 4) is 23.0 Å². The fraction of sp³-hybridized carbons (Fsp3) is 0.381. The number of benzene rings is 2. The number of amides is 1. The lowest BCUT2D eigenvalue weighted by Crippen LogP contribution is -2.39. The van der Waals surface area contributed by atoms with E-state index in [0.29, 0.717) is 36.0 Å². The molecule has 1 aliphatic rings. The SMILES string of the molecule is CCOc1ccc(C2CC(C(=O)Nc3cc(OC)c(OC)c(OC)c3)NN2)cc1. The molecule has 156 valence electrons. The van der Waals surface area contributed by atoms with Gasteiger partial charge < -0.3 is 24.3 Å². The van der Waals surface area contributed by atoms with E-state index in [1.54, 1.807) is 12.1 Å². The summed E-state index contributed by atoms with van der Waals surface area (Å²) >= 11 is 0. The minimum atomic E-state index is -0.384. The van der Waals surface area contributed by atoms with Crippen LogP contribution < -0.4 is 35.1 Å². The van der Waals surface area contributed by atoms with E-state index >= 15 is 0 Å². The van der Waals surface area contributed by atoms with Crippen LogP contribution in [0.3, 0.4) is 0 Å². The standard InChI is InChI=1S/C21H27N3O5/c1-5-29-15-8-6-13(7-9-15)16-12-17(24-23-16)21(25)22-14-10-18(26-2)20(28-4)19(11-14)27-3/h6-11,16-17,23-24H,5,12H2,1-4H3,(H,22,25). The molecule has 0 spiro atoms. The first-order chi connectivity index (χ1) is 14.1. The number of methoxy groups -OCH3 is 3. The predicted octanol–water partition coefficient (Wildman–Crippen LogP) is 2.66. The van der Waals surface area contributed by atoms with E-state index in [9.17, 15) is 4.79 Å². The molecular formula is C21H27N3O5. The van der Waals surface area contributed by atoms with Gasteiger partial charge in [-0.15, -0.1) is 0 Å². The van der Waals surface area contributed by atoms with Gasteiger partial charge in [0.05, 0.1) is 27.9 Å². The van der Waals surface area contributed by atoms with Crippen molar-refractivity contribution in [3.05, 3.63) is 42.0 Å². The normalized spacial score (nSPS) is 18.2. The molecule has 1 heterocycles. The second-order valence-electron chi connectivity index (χ2n) is 6.53. The third-order valence-electron chi connectivity index (χ3n) is 4.75. The molecular weight excluding hydrogens is 374 g/mol. The van der Waals surface area contributed by atoms with Gasteiger partial charge in [0.2, 0.25) is 11.7 Å². The highest BCUT2D eigenvalue weighted by atomic mass is 16.5. The highest BCUT2D eigenvalue weighted by molar-refractivity contribution is 5.95. The van der Waals surface area contributed by atoms with Crippen molar-refractivity contribution >= 4 is 11.6 Å². The van der Waals surface area contributed by atoms with E-state index in [2.05, 4.69) is 16.2 Å². The Balaban J connectivity index is 1.66. The third kappa shape index (κ3) is 4.72. The molecule has 2 unspecified atom stereocenters. The molecule has 1 amide bonds. The number of anilines is 1. The van der Waals surface area contributed by atoms with Crippen LogP contribution in [0.15, 0.2) is 36.4 Å². The zero-order valence-corrected chi connectivity index (χ0v) is 17.1. The Labute approximate surface area is 170 Å². The molecule has 1 saturated heterocycles. The van der Waals surface area contributed by atoms with E-state index < -0.39 is 0 Å². The Kier molecular flexibility index (Phi) is 6.79. The Morgan fingerprint density at radius 2 is 1.69 bits per heavy atom. The Morgan fingerprint density at radius 3 is 2.24 bits per heavy atom. The average Bonchev–Trinajstić information content (AvgIpc) is 3.24. The van der Waals surface area contributed by atoms with Crippen molar-refractivity contribution in [1.82, 2.24) is 10.9 Å². The quantitative estimate of drug-likeness (QED) is 0.627. The summed E-state index contributed by atoms with van der Waals surface area (Å²) in [6.07, 6.45) is 0.615. The monoisotopic (exact) mass is 401 g/mol. The second kappa shape index (κ2) is 9.49. The third-order valence-corrected chi connectivity index (χ3v) is 4.75. The molecule has 1 fully saturated rings. The number of ether oxygens (including phenoxy) is 4. The maximum absolute atomic E-state index is 12.7. The molecule has 8 heteroatoms. The van der Waals surface area contributed by atoms with Gasteiger partial charge in [-0.1, -0.05) is 12.1 Å². The van der Waals surface area contributed by atoms with Gasteiger partial charge in [0.15, 0.2) is 11.5 Å². The number of nitrogens with one attached hydrogen (secondary N) is 3. The average molecular weight is 401 g/mol. The predicted molar refractivity (Wildman–Crippen MR) is 110 cm³/mol. The molecule has 3 N–H and O–H groups in total.